The van der Waals surface area contributed by atoms with Gasteiger partial charge < -0.3 is 11.1 Å². The fourth-order valence-electron chi connectivity index (χ4n) is 2.64. The molecule has 1 amide bonds. The number of carbonyl (C=O) groups excluding carboxylic acids is 1. The summed E-state index contributed by atoms with van der Waals surface area (Å²) in [6, 6.07) is 9.56. The number of nitrogens with zero attached hydrogens (tertiary/aromatic N) is 1. The molecule has 21 heavy (non-hydrogen) atoms. The molecule has 0 atom stereocenters. The van der Waals surface area contributed by atoms with Crippen molar-refractivity contribution in [2.24, 2.45) is 5.73 Å². The average molecular weight is 328 g/mol. The molecule has 1 fully saturated rings. The molecule has 0 unspecified atom stereocenters. The van der Waals surface area contributed by atoms with Crippen molar-refractivity contribution < 1.29 is 4.79 Å². The smallest absolute Gasteiger partial charge is 0.244 e. The summed E-state index contributed by atoms with van der Waals surface area (Å²) >= 11 is 0. The molecule has 1 aliphatic rings. The van der Waals surface area contributed by atoms with Crippen LogP contribution in [0.1, 0.15) is 25.7 Å². The molecule has 6 heteroatoms. The highest BCUT2D eigenvalue weighted by Crippen LogP contribution is 2.28. The molecule has 3 N–H and O–H groups in total. The van der Waals surface area contributed by atoms with E-state index < -0.39 is 5.54 Å². The molecule has 1 heterocycles. The number of pyridine rings is 1. The summed E-state index contributed by atoms with van der Waals surface area (Å²) in [5.74, 6) is -0.0757. The van der Waals surface area contributed by atoms with Crippen LogP contribution in [-0.4, -0.2) is 16.4 Å². The molecule has 0 spiro atoms. The minimum Gasteiger partial charge on any atom is -0.324 e. The van der Waals surface area contributed by atoms with Crippen LogP contribution in [0.25, 0.3) is 10.9 Å². The summed E-state index contributed by atoms with van der Waals surface area (Å²) in [5, 5.41) is 3.94. The van der Waals surface area contributed by atoms with Gasteiger partial charge in [0.15, 0.2) is 0 Å². The van der Waals surface area contributed by atoms with Gasteiger partial charge in [0.05, 0.1) is 11.1 Å². The minimum absolute atomic E-state index is 0. The Kier molecular flexibility index (Phi) is 5.96. The maximum absolute atomic E-state index is 12.2. The summed E-state index contributed by atoms with van der Waals surface area (Å²) in [5.41, 5.74) is 7.15. The number of anilines is 1. The molecule has 0 radical (unpaired) electrons. The van der Waals surface area contributed by atoms with E-state index in [1.54, 1.807) is 6.20 Å². The fraction of sp³-hybridized carbons (Fsp3) is 0.333. The number of amides is 1. The van der Waals surface area contributed by atoms with Gasteiger partial charge in [-0.25, -0.2) is 0 Å². The zero-order chi connectivity index (χ0) is 13.3. The van der Waals surface area contributed by atoms with Crippen LogP contribution < -0.4 is 11.1 Å². The number of carbonyl (C=O) groups is 1. The number of nitrogens with one attached hydrogen (secondary N) is 1. The van der Waals surface area contributed by atoms with Crippen molar-refractivity contribution in [2.75, 3.05) is 5.32 Å². The third kappa shape index (κ3) is 3.64. The Bertz CT molecular complexity index is 627. The molecule has 1 saturated carbocycles. The van der Waals surface area contributed by atoms with Crippen LogP contribution in [0.3, 0.4) is 0 Å². The molecule has 0 aliphatic heterocycles. The van der Waals surface area contributed by atoms with Crippen molar-refractivity contribution >= 4 is 47.3 Å². The maximum atomic E-state index is 12.2. The first kappa shape index (κ1) is 17.7. The van der Waals surface area contributed by atoms with E-state index in [-0.39, 0.29) is 30.7 Å². The molecule has 4 nitrogen and oxygen atoms in total. The van der Waals surface area contributed by atoms with Gasteiger partial charge in [0.25, 0.3) is 0 Å². The third-order valence-corrected chi connectivity index (χ3v) is 3.81. The van der Waals surface area contributed by atoms with E-state index in [9.17, 15) is 4.79 Å². The van der Waals surface area contributed by atoms with Gasteiger partial charge in [0.2, 0.25) is 5.91 Å². The van der Waals surface area contributed by atoms with Gasteiger partial charge in [-0.15, -0.1) is 24.8 Å². The van der Waals surface area contributed by atoms with Gasteiger partial charge in [0.1, 0.15) is 0 Å². The van der Waals surface area contributed by atoms with Crippen molar-refractivity contribution in [3.8, 4) is 0 Å². The number of fused-ring (bicyclic) bond motifs is 1. The van der Waals surface area contributed by atoms with Gasteiger partial charge in [0, 0.05) is 17.3 Å². The van der Waals surface area contributed by atoms with E-state index in [0.29, 0.717) is 0 Å². The third-order valence-electron chi connectivity index (χ3n) is 3.81. The van der Waals surface area contributed by atoms with Gasteiger partial charge in [-0.3, -0.25) is 9.78 Å². The van der Waals surface area contributed by atoms with Crippen LogP contribution in [-0.2, 0) is 4.79 Å². The second-order valence-electron chi connectivity index (χ2n) is 5.23. The van der Waals surface area contributed by atoms with Crippen LogP contribution in [0.5, 0.6) is 0 Å². The molecule has 3 rings (SSSR count). The lowest BCUT2D eigenvalue weighted by Gasteiger charge is -2.22. The topological polar surface area (TPSA) is 68.0 Å². The lowest BCUT2D eigenvalue weighted by Crippen LogP contribution is -2.48. The molecule has 114 valence electrons. The summed E-state index contributed by atoms with van der Waals surface area (Å²) in [6.07, 6.45) is 5.37. The number of aromatic nitrogens is 1. The predicted octanol–water partition coefficient (Wildman–Crippen LogP) is 3.29. The zero-order valence-corrected chi connectivity index (χ0v) is 13.2. The second kappa shape index (κ2) is 7.07. The second-order valence-corrected chi connectivity index (χ2v) is 5.23. The van der Waals surface area contributed by atoms with Crippen molar-refractivity contribution in [1.29, 1.82) is 0 Å². The Labute approximate surface area is 136 Å². The molecule has 2 aromatic rings. The Morgan fingerprint density at radius 2 is 1.90 bits per heavy atom. The van der Waals surface area contributed by atoms with Crippen LogP contribution in [0.15, 0.2) is 36.5 Å². The number of benzene rings is 1. The average Bonchev–Trinajstić information content (AvgIpc) is 2.87. The first-order valence-corrected chi connectivity index (χ1v) is 6.63. The normalized spacial score (nSPS) is 15.9. The zero-order valence-electron chi connectivity index (χ0n) is 11.5. The van der Waals surface area contributed by atoms with Crippen molar-refractivity contribution in [2.45, 2.75) is 31.2 Å². The van der Waals surface area contributed by atoms with Gasteiger partial charge in [-0.1, -0.05) is 18.9 Å². The van der Waals surface area contributed by atoms with Crippen molar-refractivity contribution in [3.05, 3.63) is 36.5 Å². The largest absolute Gasteiger partial charge is 0.324 e. The van der Waals surface area contributed by atoms with Gasteiger partial charge in [-0.2, -0.15) is 0 Å². The van der Waals surface area contributed by atoms with E-state index in [0.717, 1.165) is 42.3 Å². The number of halogens is 2. The van der Waals surface area contributed by atoms with Crippen LogP contribution in [0.2, 0.25) is 0 Å². The molecule has 0 saturated heterocycles. The number of hydrogen-bond acceptors (Lipinski definition) is 3. The molecule has 1 aliphatic carbocycles. The highest BCUT2D eigenvalue weighted by Gasteiger charge is 2.36. The van der Waals surface area contributed by atoms with E-state index in [1.165, 1.54) is 0 Å². The van der Waals surface area contributed by atoms with Crippen molar-refractivity contribution in [1.82, 2.24) is 4.98 Å². The molecule has 1 aromatic carbocycles. The Hall–Kier alpha value is -1.36. The summed E-state index contributed by atoms with van der Waals surface area (Å²) in [4.78, 5) is 16.5. The van der Waals surface area contributed by atoms with E-state index >= 15 is 0 Å². The first-order valence-electron chi connectivity index (χ1n) is 6.63. The predicted molar refractivity (Wildman–Crippen MR) is 90.3 cm³/mol. The lowest BCUT2D eigenvalue weighted by molar-refractivity contribution is -0.121. The fourth-order valence-corrected chi connectivity index (χ4v) is 2.64. The SMILES string of the molecule is Cl.Cl.NC1(C(=O)Nc2ccc3ncccc3c2)CCCC1. The molecular formula is C15H19Cl2N3O. The molecule has 1 aromatic heterocycles. The number of rotatable bonds is 2. The van der Waals surface area contributed by atoms with E-state index in [2.05, 4.69) is 10.3 Å². The minimum atomic E-state index is -0.691. The van der Waals surface area contributed by atoms with Crippen LogP contribution in [0, 0.1) is 0 Å². The summed E-state index contributed by atoms with van der Waals surface area (Å²) < 4.78 is 0. The lowest BCUT2D eigenvalue weighted by atomic mass is 9.98. The van der Waals surface area contributed by atoms with Crippen LogP contribution in [0.4, 0.5) is 5.69 Å². The Balaban J connectivity index is 0.00000110. The standard InChI is InChI=1S/C15H17N3O.2ClH/c16-15(7-1-2-8-15)14(19)18-12-5-6-13-11(10-12)4-3-9-17-13;;/h3-6,9-10H,1-2,7-8,16H2,(H,18,19);2*1H. The highest BCUT2D eigenvalue weighted by molar-refractivity contribution is 5.99. The first-order chi connectivity index (χ1) is 9.17. The highest BCUT2D eigenvalue weighted by atomic mass is 35.5. The van der Waals surface area contributed by atoms with E-state index in [4.69, 9.17) is 5.73 Å². The van der Waals surface area contributed by atoms with Gasteiger partial charge in [-0.05, 0) is 37.1 Å². The van der Waals surface area contributed by atoms with Gasteiger partial charge >= 0.3 is 0 Å². The maximum Gasteiger partial charge on any atom is 0.244 e. The van der Waals surface area contributed by atoms with Crippen LogP contribution >= 0.6 is 24.8 Å². The Morgan fingerprint density at radius 3 is 2.62 bits per heavy atom. The summed E-state index contributed by atoms with van der Waals surface area (Å²) in [6.45, 7) is 0. The number of nitrogens with two attached hydrogens (primary N) is 1. The van der Waals surface area contributed by atoms with Crippen molar-refractivity contribution in [3.63, 3.8) is 0 Å². The number of hydrogen-bond donors (Lipinski definition) is 2. The monoisotopic (exact) mass is 327 g/mol. The Morgan fingerprint density at radius 1 is 1.19 bits per heavy atom. The molecule has 0 bridgehead atoms. The summed E-state index contributed by atoms with van der Waals surface area (Å²) in [7, 11) is 0. The molecular weight excluding hydrogens is 309 g/mol. The quantitative estimate of drug-likeness (QED) is 0.889. The van der Waals surface area contributed by atoms with E-state index in [1.807, 2.05) is 30.3 Å².